The van der Waals surface area contributed by atoms with E-state index in [-0.39, 0.29) is 11.8 Å². The number of fused-ring (bicyclic) bond motifs is 1. The molecule has 3 heteroatoms. The molecule has 1 aliphatic carbocycles. The number of benzene rings is 1. The van der Waals surface area contributed by atoms with Gasteiger partial charge in [0.2, 0.25) is 0 Å². The highest BCUT2D eigenvalue weighted by atomic mass is 16.4. The summed E-state index contributed by atoms with van der Waals surface area (Å²) in [6.45, 7) is 2.50. The molecule has 0 heterocycles. The fourth-order valence-corrected chi connectivity index (χ4v) is 3.03. The van der Waals surface area contributed by atoms with Crippen LogP contribution in [0.2, 0.25) is 0 Å². The van der Waals surface area contributed by atoms with Crippen molar-refractivity contribution in [2.75, 3.05) is 6.54 Å². The Balaban J connectivity index is 2.51. The van der Waals surface area contributed by atoms with E-state index in [0.29, 0.717) is 6.54 Å². The van der Waals surface area contributed by atoms with Crippen molar-refractivity contribution in [1.82, 2.24) is 0 Å². The van der Waals surface area contributed by atoms with Gasteiger partial charge in [0.15, 0.2) is 0 Å². The van der Waals surface area contributed by atoms with Gasteiger partial charge in [0.05, 0.1) is 6.42 Å². The Kier molecular flexibility index (Phi) is 3.20. The zero-order chi connectivity index (χ0) is 12.5. The van der Waals surface area contributed by atoms with Gasteiger partial charge in [0.25, 0.3) is 0 Å². The normalized spacial score (nSPS) is 23.2. The Bertz CT molecular complexity index is 442. The van der Waals surface area contributed by atoms with Crippen LogP contribution in [0.4, 0.5) is 0 Å². The number of carbonyl (C=O) groups is 1. The first-order valence-corrected chi connectivity index (χ1v) is 6.10. The number of aliphatic carboxylic acids is 1. The lowest BCUT2D eigenvalue weighted by Gasteiger charge is -2.38. The molecule has 0 aliphatic heterocycles. The molecular weight excluding hydrogens is 214 g/mol. The first kappa shape index (κ1) is 12.1. The highest BCUT2D eigenvalue weighted by Gasteiger charge is 2.37. The maximum absolute atomic E-state index is 11.1. The zero-order valence-electron chi connectivity index (χ0n) is 10.2. The van der Waals surface area contributed by atoms with Crippen LogP contribution < -0.4 is 5.73 Å². The van der Waals surface area contributed by atoms with E-state index in [9.17, 15) is 4.79 Å². The van der Waals surface area contributed by atoms with Crippen LogP contribution in [0.1, 0.15) is 36.0 Å². The first-order valence-electron chi connectivity index (χ1n) is 6.10. The summed E-state index contributed by atoms with van der Waals surface area (Å²) in [5, 5.41) is 9.10. The zero-order valence-corrected chi connectivity index (χ0v) is 10.2. The molecule has 0 radical (unpaired) electrons. The fraction of sp³-hybridized carbons (Fsp3) is 0.500. The van der Waals surface area contributed by atoms with Crippen LogP contribution in [0.15, 0.2) is 18.2 Å². The molecule has 3 nitrogen and oxygen atoms in total. The molecule has 1 aromatic carbocycles. The largest absolute Gasteiger partial charge is 0.481 e. The molecular formula is C14H19NO2. The molecule has 0 amide bonds. The Morgan fingerprint density at radius 1 is 1.53 bits per heavy atom. The molecule has 1 aromatic rings. The van der Waals surface area contributed by atoms with E-state index >= 15 is 0 Å². The van der Waals surface area contributed by atoms with Crippen molar-refractivity contribution in [3.8, 4) is 0 Å². The van der Waals surface area contributed by atoms with Gasteiger partial charge in [0.1, 0.15) is 0 Å². The van der Waals surface area contributed by atoms with Gasteiger partial charge in [-0.15, -0.1) is 0 Å². The van der Waals surface area contributed by atoms with Crippen LogP contribution >= 0.6 is 0 Å². The molecule has 0 aromatic heterocycles. The molecule has 2 rings (SSSR count). The lowest BCUT2D eigenvalue weighted by Crippen LogP contribution is -2.40. The average molecular weight is 233 g/mol. The lowest BCUT2D eigenvalue weighted by molar-refractivity contribution is -0.138. The van der Waals surface area contributed by atoms with E-state index < -0.39 is 5.97 Å². The van der Waals surface area contributed by atoms with Crippen molar-refractivity contribution in [3.05, 3.63) is 34.9 Å². The fourth-order valence-electron chi connectivity index (χ4n) is 3.03. The van der Waals surface area contributed by atoms with E-state index in [2.05, 4.69) is 19.1 Å². The van der Waals surface area contributed by atoms with E-state index in [4.69, 9.17) is 10.8 Å². The molecule has 0 bridgehead atoms. The van der Waals surface area contributed by atoms with Gasteiger partial charge >= 0.3 is 5.97 Å². The number of carboxylic acid groups (broad SMARTS) is 1. The number of aryl methyl sites for hydroxylation is 1. The molecule has 17 heavy (non-hydrogen) atoms. The van der Waals surface area contributed by atoms with Crippen molar-refractivity contribution in [2.24, 2.45) is 5.73 Å². The van der Waals surface area contributed by atoms with Crippen LogP contribution in [0, 0.1) is 6.92 Å². The predicted molar refractivity (Wildman–Crippen MR) is 67.1 cm³/mol. The molecule has 1 atom stereocenters. The van der Waals surface area contributed by atoms with Crippen molar-refractivity contribution >= 4 is 5.97 Å². The quantitative estimate of drug-likeness (QED) is 0.839. The van der Waals surface area contributed by atoms with E-state index in [1.165, 1.54) is 11.1 Å². The Hall–Kier alpha value is -1.35. The monoisotopic (exact) mass is 233 g/mol. The topological polar surface area (TPSA) is 63.3 Å². The molecule has 0 fully saturated rings. The number of hydrogen-bond donors (Lipinski definition) is 2. The molecule has 1 unspecified atom stereocenters. The van der Waals surface area contributed by atoms with E-state index in [1.54, 1.807) is 0 Å². The third kappa shape index (κ3) is 2.07. The van der Waals surface area contributed by atoms with Gasteiger partial charge in [-0.25, -0.2) is 0 Å². The van der Waals surface area contributed by atoms with Crippen molar-refractivity contribution in [3.63, 3.8) is 0 Å². The summed E-state index contributed by atoms with van der Waals surface area (Å²) in [6, 6.07) is 6.15. The van der Waals surface area contributed by atoms with Crippen LogP contribution in [0.5, 0.6) is 0 Å². The third-order valence-corrected chi connectivity index (χ3v) is 3.94. The summed E-state index contributed by atoms with van der Waals surface area (Å²) in [7, 11) is 0. The number of carboxylic acids is 1. The Morgan fingerprint density at radius 3 is 2.94 bits per heavy atom. The highest BCUT2D eigenvalue weighted by molar-refractivity contribution is 5.69. The highest BCUT2D eigenvalue weighted by Crippen LogP contribution is 2.40. The van der Waals surface area contributed by atoms with E-state index in [1.807, 2.05) is 6.07 Å². The van der Waals surface area contributed by atoms with Crippen molar-refractivity contribution in [1.29, 1.82) is 0 Å². The molecule has 3 N–H and O–H groups in total. The predicted octanol–water partition coefficient (Wildman–Crippen LogP) is 2.00. The van der Waals surface area contributed by atoms with Gasteiger partial charge in [-0.1, -0.05) is 18.2 Å². The minimum Gasteiger partial charge on any atom is -0.481 e. The summed E-state index contributed by atoms with van der Waals surface area (Å²) in [5.74, 6) is -0.759. The smallest absolute Gasteiger partial charge is 0.304 e. The molecule has 1 aliphatic rings. The molecule has 0 spiro atoms. The number of hydrogen-bond acceptors (Lipinski definition) is 2. The maximum atomic E-state index is 11.1. The average Bonchev–Trinajstić information content (AvgIpc) is 2.30. The molecule has 0 saturated carbocycles. The van der Waals surface area contributed by atoms with Crippen LogP contribution in [-0.2, 0) is 16.6 Å². The summed E-state index contributed by atoms with van der Waals surface area (Å²) in [4.78, 5) is 11.1. The first-order chi connectivity index (χ1) is 8.09. The minimum absolute atomic E-state index is 0.139. The Morgan fingerprint density at radius 2 is 2.29 bits per heavy atom. The van der Waals surface area contributed by atoms with Gasteiger partial charge in [0, 0.05) is 12.0 Å². The summed E-state index contributed by atoms with van der Waals surface area (Å²) < 4.78 is 0. The van der Waals surface area contributed by atoms with Gasteiger partial charge < -0.3 is 10.8 Å². The van der Waals surface area contributed by atoms with Crippen LogP contribution in [0.3, 0.4) is 0 Å². The molecule has 0 saturated heterocycles. The molecule has 92 valence electrons. The van der Waals surface area contributed by atoms with E-state index in [0.717, 1.165) is 24.8 Å². The lowest BCUT2D eigenvalue weighted by atomic mass is 9.67. The third-order valence-electron chi connectivity index (χ3n) is 3.94. The second-order valence-corrected chi connectivity index (χ2v) is 5.01. The van der Waals surface area contributed by atoms with Gasteiger partial charge in [-0.05, 0) is 42.9 Å². The Labute approximate surface area is 102 Å². The standard InChI is InChI=1S/C14H19NO2/c1-10-4-2-6-12-11(10)5-3-7-14(12,9-15)8-13(16)17/h2,4,6H,3,5,7-9,15H2,1H3,(H,16,17). The van der Waals surface area contributed by atoms with Gasteiger partial charge in [-0.3, -0.25) is 4.79 Å². The SMILES string of the molecule is Cc1cccc2c1CCCC2(CN)CC(=O)O. The maximum Gasteiger partial charge on any atom is 0.304 e. The van der Waals surface area contributed by atoms with Crippen molar-refractivity contribution < 1.29 is 9.90 Å². The summed E-state index contributed by atoms with van der Waals surface area (Å²) in [5.41, 5.74) is 9.26. The van der Waals surface area contributed by atoms with Crippen LogP contribution in [-0.4, -0.2) is 17.6 Å². The van der Waals surface area contributed by atoms with Gasteiger partial charge in [-0.2, -0.15) is 0 Å². The number of rotatable bonds is 3. The van der Waals surface area contributed by atoms with Crippen LogP contribution in [0.25, 0.3) is 0 Å². The summed E-state index contributed by atoms with van der Waals surface area (Å²) >= 11 is 0. The second-order valence-electron chi connectivity index (χ2n) is 5.01. The second kappa shape index (κ2) is 4.49. The summed E-state index contributed by atoms with van der Waals surface area (Å²) in [6.07, 6.45) is 3.10. The van der Waals surface area contributed by atoms with Crippen molar-refractivity contribution in [2.45, 2.75) is 38.0 Å². The minimum atomic E-state index is -0.759. The number of nitrogens with two attached hydrogens (primary N) is 1.